The largest absolute Gasteiger partial charge is 0.444 e. The third kappa shape index (κ3) is 3.94. The van der Waals surface area contributed by atoms with Crippen LogP contribution in [-0.4, -0.2) is 53.8 Å². The zero-order chi connectivity index (χ0) is 15.6. The van der Waals surface area contributed by atoms with Crippen molar-refractivity contribution in [2.45, 2.75) is 45.6 Å². The van der Waals surface area contributed by atoms with Crippen molar-refractivity contribution in [1.29, 1.82) is 0 Å². The molecule has 1 atom stereocenters. The van der Waals surface area contributed by atoms with Crippen LogP contribution in [0.5, 0.6) is 0 Å². The average Bonchev–Trinajstić information content (AvgIpc) is 2.78. The number of likely N-dealkylation sites (tertiary alicyclic amines) is 1. The number of hydrogen-bond donors (Lipinski definition) is 2. The highest BCUT2D eigenvalue weighted by Crippen LogP contribution is 2.24. The number of hydrazone groups is 1. The Kier molecular flexibility index (Phi) is 4.88. The molecule has 21 heavy (non-hydrogen) atoms. The summed E-state index contributed by atoms with van der Waals surface area (Å²) in [6.45, 7) is 6.99. The van der Waals surface area contributed by atoms with Gasteiger partial charge < -0.3 is 14.5 Å². The molecule has 0 aromatic heterocycles. The van der Waals surface area contributed by atoms with Gasteiger partial charge in [0.25, 0.3) is 0 Å². The number of piperidine rings is 1. The van der Waals surface area contributed by atoms with Gasteiger partial charge in [-0.05, 0) is 46.5 Å². The van der Waals surface area contributed by atoms with Gasteiger partial charge in [0.2, 0.25) is 6.35 Å². The summed E-state index contributed by atoms with van der Waals surface area (Å²) >= 11 is 3.81. The third-order valence-corrected chi connectivity index (χ3v) is 3.81. The molecule has 1 amide bonds. The normalized spacial score (nSPS) is 23.9. The summed E-state index contributed by atoms with van der Waals surface area (Å²) in [5.41, 5.74) is 2.42. The Morgan fingerprint density at radius 1 is 1.38 bits per heavy atom. The van der Waals surface area contributed by atoms with E-state index in [-0.39, 0.29) is 12.4 Å². The molecule has 2 aliphatic rings. The van der Waals surface area contributed by atoms with Gasteiger partial charge in [-0.2, -0.15) is 5.10 Å². The number of hydrogen-bond acceptors (Lipinski definition) is 7. The molecular formula is C13H24N4O3S. The van der Waals surface area contributed by atoms with Crippen molar-refractivity contribution in [2.75, 3.05) is 20.1 Å². The van der Waals surface area contributed by atoms with Crippen LogP contribution in [0.3, 0.4) is 0 Å². The number of carbonyl (C=O) groups excluding carboxylic acids is 1. The second kappa shape index (κ2) is 6.31. The Labute approximate surface area is 131 Å². The summed E-state index contributed by atoms with van der Waals surface area (Å²) in [4.78, 5) is 15.7. The van der Waals surface area contributed by atoms with Crippen molar-refractivity contribution in [1.82, 2.24) is 15.2 Å². The molecule has 0 aromatic rings. The molecule has 0 aromatic carbocycles. The number of amidine groups is 1. The Morgan fingerprint density at radius 2 is 2.00 bits per heavy atom. The lowest BCUT2D eigenvalue weighted by atomic mass is 9.95. The van der Waals surface area contributed by atoms with E-state index in [1.807, 2.05) is 32.7 Å². The SMILES string of the molecule is CN1C(C2CCN(C(=O)OC(C)(C)C)CC2)=NNC1OS. The number of nitrogens with one attached hydrogen (secondary N) is 1. The van der Waals surface area contributed by atoms with E-state index in [1.54, 1.807) is 4.90 Å². The number of amides is 1. The number of nitrogens with zero attached hydrogens (tertiary/aromatic N) is 3. The Hall–Kier alpha value is -1.15. The smallest absolute Gasteiger partial charge is 0.410 e. The molecule has 1 fully saturated rings. The van der Waals surface area contributed by atoms with E-state index in [0.29, 0.717) is 19.0 Å². The molecule has 0 saturated carbocycles. The Morgan fingerprint density at radius 3 is 2.48 bits per heavy atom. The fourth-order valence-electron chi connectivity index (χ4n) is 2.53. The van der Waals surface area contributed by atoms with Crippen molar-refractivity contribution in [3.05, 3.63) is 0 Å². The van der Waals surface area contributed by atoms with E-state index in [1.165, 1.54) is 0 Å². The standard InChI is InChI=1S/C13H24N4O3S/c1-13(2,3)19-12(18)17-7-5-9(6-8-17)10-14-15-11(20-21)16(10)4/h9,11,15,21H,5-8H2,1-4H3. The van der Waals surface area contributed by atoms with Gasteiger partial charge in [-0.1, -0.05) is 0 Å². The first-order valence-corrected chi connectivity index (χ1v) is 7.52. The quantitative estimate of drug-likeness (QED) is 0.599. The van der Waals surface area contributed by atoms with Crippen LogP contribution in [0.4, 0.5) is 4.79 Å². The maximum atomic E-state index is 12.0. The van der Waals surface area contributed by atoms with E-state index < -0.39 is 5.60 Å². The van der Waals surface area contributed by atoms with Crippen LogP contribution in [0.25, 0.3) is 0 Å². The van der Waals surface area contributed by atoms with Gasteiger partial charge in [0.1, 0.15) is 11.4 Å². The van der Waals surface area contributed by atoms with Crippen molar-refractivity contribution in [3.63, 3.8) is 0 Å². The lowest BCUT2D eigenvalue weighted by Crippen LogP contribution is -2.46. The topological polar surface area (TPSA) is 66.4 Å². The molecule has 8 heteroatoms. The highest BCUT2D eigenvalue weighted by Gasteiger charge is 2.34. The van der Waals surface area contributed by atoms with Crippen LogP contribution in [0.15, 0.2) is 5.10 Å². The van der Waals surface area contributed by atoms with Crippen molar-refractivity contribution >= 4 is 24.8 Å². The maximum absolute atomic E-state index is 12.0. The van der Waals surface area contributed by atoms with Gasteiger partial charge >= 0.3 is 6.09 Å². The lowest BCUT2D eigenvalue weighted by molar-refractivity contribution is 0.0196. The Balaban J connectivity index is 1.85. The lowest BCUT2D eigenvalue weighted by Gasteiger charge is -2.34. The maximum Gasteiger partial charge on any atom is 0.410 e. The van der Waals surface area contributed by atoms with Crippen molar-refractivity contribution < 1.29 is 13.7 Å². The molecule has 2 heterocycles. The summed E-state index contributed by atoms with van der Waals surface area (Å²) in [5, 5.41) is 4.31. The molecular weight excluding hydrogens is 292 g/mol. The van der Waals surface area contributed by atoms with E-state index in [0.717, 1.165) is 18.7 Å². The predicted molar refractivity (Wildman–Crippen MR) is 82.7 cm³/mol. The fourth-order valence-corrected chi connectivity index (χ4v) is 2.72. The summed E-state index contributed by atoms with van der Waals surface area (Å²) < 4.78 is 10.4. The number of carbonyl (C=O) groups is 1. The second-order valence-electron chi connectivity index (χ2n) is 6.41. The highest BCUT2D eigenvalue weighted by molar-refractivity contribution is 7.75. The molecule has 2 rings (SSSR count). The van der Waals surface area contributed by atoms with Crippen molar-refractivity contribution in [2.24, 2.45) is 11.0 Å². The van der Waals surface area contributed by atoms with Gasteiger partial charge in [0.15, 0.2) is 0 Å². The first-order valence-electron chi connectivity index (χ1n) is 7.16. The molecule has 120 valence electrons. The number of thiol groups is 1. The first kappa shape index (κ1) is 16.2. The van der Waals surface area contributed by atoms with Crippen LogP contribution in [0.2, 0.25) is 0 Å². The minimum absolute atomic E-state index is 0.239. The predicted octanol–water partition coefficient (Wildman–Crippen LogP) is 1.63. The second-order valence-corrected chi connectivity index (χ2v) is 6.62. The Bertz CT molecular complexity index is 416. The zero-order valence-electron chi connectivity index (χ0n) is 13.0. The minimum Gasteiger partial charge on any atom is -0.444 e. The van der Waals surface area contributed by atoms with E-state index in [4.69, 9.17) is 8.92 Å². The zero-order valence-corrected chi connectivity index (χ0v) is 13.9. The molecule has 0 spiro atoms. The molecule has 2 aliphatic heterocycles. The molecule has 1 saturated heterocycles. The summed E-state index contributed by atoms with van der Waals surface area (Å²) in [5.74, 6) is 1.27. The average molecular weight is 316 g/mol. The molecule has 1 N–H and O–H groups in total. The van der Waals surface area contributed by atoms with Gasteiger partial charge in [0, 0.05) is 26.1 Å². The fraction of sp³-hybridized carbons (Fsp3) is 0.846. The van der Waals surface area contributed by atoms with E-state index in [2.05, 4.69) is 23.4 Å². The summed E-state index contributed by atoms with van der Waals surface area (Å²) in [7, 11) is 1.92. The van der Waals surface area contributed by atoms with E-state index in [9.17, 15) is 4.79 Å². The van der Waals surface area contributed by atoms with Gasteiger partial charge in [0.05, 0.1) is 0 Å². The van der Waals surface area contributed by atoms with Crippen LogP contribution >= 0.6 is 12.9 Å². The monoisotopic (exact) mass is 316 g/mol. The molecule has 7 nitrogen and oxygen atoms in total. The highest BCUT2D eigenvalue weighted by atomic mass is 32.1. The van der Waals surface area contributed by atoms with E-state index >= 15 is 0 Å². The van der Waals surface area contributed by atoms with Gasteiger partial charge in [-0.3, -0.25) is 9.61 Å². The van der Waals surface area contributed by atoms with Gasteiger partial charge in [-0.25, -0.2) is 4.79 Å². The molecule has 1 unspecified atom stereocenters. The molecule has 0 bridgehead atoms. The van der Waals surface area contributed by atoms with Gasteiger partial charge in [-0.15, -0.1) is 0 Å². The minimum atomic E-state index is -0.454. The number of ether oxygens (including phenoxy) is 1. The molecule has 0 radical (unpaired) electrons. The molecule has 0 aliphatic carbocycles. The first-order chi connectivity index (χ1) is 9.81. The van der Waals surface area contributed by atoms with Crippen LogP contribution in [-0.2, 0) is 8.92 Å². The van der Waals surface area contributed by atoms with Crippen LogP contribution < -0.4 is 5.43 Å². The summed E-state index contributed by atoms with van der Waals surface area (Å²) in [6.07, 6.45) is 1.16. The van der Waals surface area contributed by atoms with Crippen LogP contribution in [0, 0.1) is 5.92 Å². The van der Waals surface area contributed by atoms with Crippen molar-refractivity contribution in [3.8, 4) is 0 Å². The summed E-state index contributed by atoms with van der Waals surface area (Å²) in [6, 6.07) is 0. The third-order valence-electron chi connectivity index (χ3n) is 3.61. The van der Waals surface area contributed by atoms with Crippen LogP contribution in [0.1, 0.15) is 33.6 Å². The number of rotatable bonds is 2.